The van der Waals surface area contributed by atoms with E-state index < -0.39 is 12.1 Å². The molecule has 0 saturated carbocycles. The number of rotatable bonds is 2. The molecular weight excluding hydrogens is 335 g/mol. The van der Waals surface area contributed by atoms with Crippen molar-refractivity contribution in [2.75, 3.05) is 18.0 Å². The maximum absolute atomic E-state index is 12.8. The normalized spacial score (nSPS) is 20.6. The fraction of sp³-hybridized carbons (Fsp3) is 0.692. The highest BCUT2D eigenvalue weighted by Gasteiger charge is 2.42. The van der Waals surface area contributed by atoms with Crippen molar-refractivity contribution in [2.24, 2.45) is 5.92 Å². The van der Waals surface area contributed by atoms with E-state index >= 15 is 0 Å². The molecule has 1 aromatic heterocycles. The van der Waals surface area contributed by atoms with E-state index in [9.17, 15) is 13.2 Å². The van der Waals surface area contributed by atoms with Gasteiger partial charge in [0.2, 0.25) is 0 Å². The lowest BCUT2D eigenvalue weighted by molar-refractivity contribution is -0.176. The molecule has 7 heteroatoms. The van der Waals surface area contributed by atoms with Crippen molar-refractivity contribution < 1.29 is 13.2 Å². The molecule has 0 radical (unpaired) electrons. The predicted molar refractivity (Wildman–Crippen MR) is 74.8 cm³/mol. The molecule has 1 unspecified atom stereocenters. The third kappa shape index (κ3) is 3.62. The van der Waals surface area contributed by atoms with Gasteiger partial charge in [0.1, 0.15) is 16.2 Å². The topological polar surface area (TPSA) is 29.0 Å². The van der Waals surface area contributed by atoms with Gasteiger partial charge in [-0.05, 0) is 28.8 Å². The molecule has 1 aliphatic heterocycles. The van der Waals surface area contributed by atoms with E-state index in [1.165, 1.54) is 0 Å². The first-order valence-corrected chi connectivity index (χ1v) is 7.43. The molecule has 0 spiro atoms. The summed E-state index contributed by atoms with van der Waals surface area (Å²) in [7, 11) is 0. The van der Waals surface area contributed by atoms with Crippen LogP contribution < -0.4 is 4.90 Å². The molecule has 2 rings (SSSR count). The summed E-state index contributed by atoms with van der Waals surface area (Å²) in [6, 6.07) is 1.69. The maximum Gasteiger partial charge on any atom is 0.393 e. The SMILES string of the molecule is CC(C)c1nc(Br)cc(N2CCCC(C(F)(F)F)C2)n1. The van der Waals surface area contributed by atoms with E-state index in [0.717, 1.165) is 0 Å². The predicted octanol–water partition coefficient (Wildman–Crippen LogP) is 4.14. The Hall–Kier alpha value is -0.850. The van der Waals surface area contributed by atoms with Gasteiger partial charge in [0.05, 0.1) is 5.92 Å². The molecule has 1 aromatic rings. The van der Waals surface area contributed by atoms with Gasteiger partial charge in [0, 0.05) is 25.1 Å². The van der Waals surface area contributed by atoms with E-state index in [4.69, 9.17) is 0 Å². The van der Waals surface area contributed by atoms with Gasteiger partial charge >= 0.3 is 6.18 Å². The van der Waals surface area contributed by atoms with Crippen LogP contribution >= 0.6 is 15.9 Å². The van der Waals surface area contributed by atoms with Gasteiger partial charge in [-0.1, -0.05) is 13.8 Å². The van der Waals surface area contributed by atoms with Crippen LogP contribution in [0.2, 0.25) is 0 Å². The number of anilines is 1. The molecule has 0 aliphatic carbocycles. The van der Waals surface area contributed by atoms with Crippen LogP contribution in [0.3, 0.4) is 0 Å². The second-order valence-electron chi connectivity index (χ2n) is 5.39. The van der Waals surface area contributed by atoms with Gasteiger partial charge in [0.15, 0.2) is 0 Å². The van der Waals surface area contributed by atoms with Crippen LogP contribution in [0.15, 0.2) is 10.7 Å². The molecule has 1 saturated heterocycles. The van der Waals surface area contributed by atoms with Crippen LogP contribution in [0.4, 0.5) is 19.0 Å². The molecule has 1 atom stereocenters. The molecule has 112 valence electrons. The number of alkyl halides is 3. The molecule has 3 nitrogen and oxygen atoms in total. The molecule has 1 aliphatic rings. The van der Waals surface area contributed by atoms with Crippen LogP contribution in [0.1, 0.15) is 38.4 Å². The quantitative estimate of drug-likeness (QED) is 0.749. The lowest BCUT2D eigenvalue weighted by Gasteiger charge is -2.34. The average Bonchev–Trinajstić information content (AvgIpc) is 2.37. The van der Waals surface area contributed by atoms with Gasteiger partial charge in [0.25, 0.3) is 0 Å². The molecule has 2 heterocycles. The van der Waals surface area contributed by atoms with Crippen LogP contribution in [-0.4, -0.2) is 29.2 Å². The zero-order valence-corrected chi connectivity index (χ0v) is 13.0. The first kappa shape index (κ1) is 15.5. The Kier molecular flexibility index (Phi) is 4.56. The van der Waals surface area contributed by atoms with Gasteiger partial charge in [-0.15, -0.1) is 0 Å². The highest BCUT2D eigenvalue weighted by molar-refractivity contribution is 9.10. The molecule has 0 bridgehead atoms. The summed E-state index contributed by atoms with van der Waals surface area (Å²) in [5, 5.41) is 0. The summed E-state index contributed by atoms with van der Waals surface area (Å²) < 4.78 is 39.2. The smallest absolute Gasteiger partial charge is 0.356 e. The second kappa shape index (κ2) is 5.87. The number of halogens is 4. The summed E-state index contributed by atoms with van der Waals surface area (Å²) in [4.78, 5) is 10.4. The lowest BCUT2D eigenvalue weighted by Crippen LogP contribution is -2.42. The van der Waals surface area contributed by atoms with Crippen LogP contribution in [0.5, 0.6) is 0 Å². The maximum atomic E-state index is 12.8. The minimum Gasteiger partial charge on any atom is -0.356 e. The Bertz CT molecular complexity index is 476. The standard InChI is InChI=1S/C13H17BrF3N3/c1-8(2)12-18-10(14)6-11(19-12)20-5-3-4-9(7-20)13(15,16)17/h6,8-9H,3-5,7H2,1-2H3. The molecule has 0 N–H and O–H groups in total. The summed E-state index contributed by atoms with van der Waals surface area (Å²) in [5.41, 5.74) is 0. The minimum absolute atomic E-state index is 0.0233. The zero-order valence-electron chi connectivity index (χ0n) is 11.4. The van der Waals surface area contributed by atoms with Crippen molar-refractivity contribution in [1.29, 1.82) is 0 Å². The monoisotopic (exact) mass is 351 g/mol. The van der Waals surface area contributed by atoms with E-state index in [2.05, 4.69) is 25.9 Å². The Morgan fingerprint density at radius 2 is 2.05 bits per heavy atom. The first-order valence-electron chi connectivity index (χ1n) is 6.63. The van der Waals surface area contributed by atoms with E-state index in [-0.39, 0.29) is 18.9 Å². The second-order valence-corrected chi connectivity index (χ2v) is 6.20. The van der Waals surface area contributed by atoms with Gasteiger partial charge in [-0.2, -0.15) is 13.2 Å². The largest absolute Gasteiger partial charge is 0.393 e. The summed E-state index contributed by atoms with van der Waals surface area (Å²) in [6.07, 6.45) is -3.41. The number of aromatic nitrogens is 2. The summed E-state index contributed by atoms with van der Waals surface area (Å²) in [5.74, 6) is 0.0787. The average molecular weight is 352 g/mol. The molecule has 1 fully saturated rings. The van der Waals surface area contributed by atoms with Crippen LogP contribution in [-0.2, 0) is 0 Å². The molecule has 0 aromatic carbocycles. The van der Waals surface area contributed by atoms with Gasteiger partial charge in [-0.25, -0.2) is 9.97 Å². The van der Waals surface area contributed by atoms with Crippen molar-refractivity contribution >= 4 is 21.7 Å². The Morgan fingerprint density at radius 3 is 2.65 bits per heavy atom. The number of piperidine rings is 1. The Morgan fingerprint density at radius 1 is 1.35 bits per heavy atom. The van der Waals surface area contributed by atoms with E-state index in [1.54, 1.807) is 11.0 Å². The Balaban J connectivity index is 2.23. The third-order valence-electron chi connectivity index (χ3n) is 3.42. The van der Waals surface area contributed by atoms with Crippen molar-refractivity contribution in [3.8, 4) is 0 Å². The number of nitrogens with zero attached hydrogens (tertiary/aromatic N) is 3. The Labute approximate surface area is 124 Å². The summed E-state index contributed by atoms with van der Waals surface area (Å²) in [6.45, 7) is 4.50. The lowest BCUT2D eigenvalue weighted by atomic mass is 9.97. The van der Waals surface area contributed by atoms with Crippen molar-refractivity contribution in [3.05, 3.63) is 16.5 Å². The van der Waals surface area contributed by atoms with Crippen LogP contribution in [0.25, 0.3) is 0 Å². The highest BCUT2D eigenvalue weighted by atomic mass is 79.9. The molecule has 20 heavy (non-hydrogen) atoms. The van der Waals surface area contributed by atoms with Crippen LogP contribution in [0, 0.1) is 5.92 Å². The van der Waals surface area contributed by atoms with Crippen molar-refractivity contribution in [2.45, 2.75) is 38.8 Å². The zero-order chi connectivity index (χ0) is 14.9. The van der Waals surface area contributed by atoms with Gasteiger partial charge in [-0.3, -0.25) is 0 Å². The number of hydrogen-bond donors (Lipinski definition) is 0. The molecule has 0 amide bonds. The van der Waals surface area contributed by atoms with Crippen molar-refractivity contribution in [3.63, 3.8) is 0 Å². The minimum atomic E-state index is -4.14. The highest BCUT2D eigenvalue weighted by Crippen LogP contribution is 2.34. The van der Waals surface area contributed by atoms with E-state index in [0.29, 0.717) is 29.2 Å². The molecular formula is C13H17BrF3N3. The first-order chi connectivity index (χ1) is 9.27. The fourth-order valence-corrected chi connectivity index (χ4v) is 2.68. The van der Waals surface area contributed by atoms with Gasteiger partial charge < -0.3 is 4.90 Å². The summed E-state index contributed by atoms with van der Waals surface area (Å²) >= 11 is 3.30. The fourth-order valence-electron chi connectivity index (χ4n) is 2.30. The van der Waals surface area contributed by atoms with Crippen molar-refractivity contribution in [1.82, 2.24) is 9.97 Å². The number of hydrogen-bond acceptors (Lipinski definition) is 3. The van der Waals surface area contributed by atoms with E-state index in [1.807, 2.05) is 13.8 Å². The third-order valence-corrected chi connectivity index (χ3v) is 3.83.